The van der Waals surface area contributed by atoms with Crippen molar-refractivity contribution in [3.8, 4) is 0 Å². The highest BCUT2D eigenvalue weighted by Crippen LogP contribution is 2.63. The summed E-state index contributed by atoms with van der Waals surface area (Å²) in [6.07, 6.45) is 27.0. The standard InChI is InChI=1S/C43H63IO2P/c1-3-5-7-15-25-37-45-43(46-38-26-16-8-6-4-2)32-24-14-12-10-9-11-13-19-27-39-33-35-42(36-34-39)47(44,40-28-20-17-21-29-40)41-30-22-18-23-31-41/h9,11,17-18,20-23,28-31,33-36,43H,3-8,10,12-16,19,24-27,32,37-38H2,1-2H3/q+1/b11-9+. The number of hydrogen-bond donors (Lipinski definition) is 0. The van der Waals surface area contributed by atoms with E-state index in [1.165, 1.54) is 105 Å². The molecule has 0 aromatic heterocycles. The second-order valence-electron chi connectivity index (χ2n) is 12.9. The Balaban J connectivity index is 1.33. The molecule has 47 heavy (non-hydrogen) atoms. The molecule has 0 aliphatic carbocycles. The monoisotopic (exact) mass is 769 g/mol. The molecule has 4 heteroatoms. The second kappa shape index (κ2) is 25.5. The first-order valence-electron chi connectivity index (χ1n) is 18.9. The van der Waals surface area contributed by atoms with Gasteiger partial charge in [0.1, 0.15) is 15.9 Å². The quantitative estimate of drug-likeness (QED) is 0.0253. The summed E-state index contributed by atoms with van der Waals surface area (Å²) in [6, 6.07) is 31.6. The van der Waals surface area contributed by atoms with Crippen molar-refractivity contribution < 1.29 is 9.47 Å². The molecule has 0 heterocycles. The van der Waals surface area contributed by atoms with Crippen molar-refractivity contribution in [1.29, 1.82) is 0 Å². The minimum Gasteiger partial charge on any atom is -0.353 e. The number of halogens is 1. The zero-order valence-corrected chi connectivity index (χ0v) is 32.7. The van der Waals surface area contributed by atoms with Crippen LogP contribution in [0, 0.1) is 0 Å². The lowest BCUT2D eigenvalue weighted by molar-refractivity contribution is -0.148. The van der Waals surface area contributed by atoms with Crippen LogP contribution >= 0.6 is 26.9 Å². The molecular formula is C43H63IO2P+. The average molecular weight is 770 g/mol. The van der Waals surface area contributed by atoms with Gasteiger partial charge in [-0.3, -0.25) is 0 Å². The predicted molar refractivity (Wildman–Crippen MR) is 218 cm³/mol. The number of allylic oxidation sites excluding steroid dienone is 2. The van der Waals surface area contributed by atoms with Gasteiger partial charge in [-0.1, -0.05) is 132 Å². The lowest BCUT2D eigenvalue weighted by Gasteiger charge is -2.20. The molecule has 0 bridgehead atoms. The molecule has 2 nitrogen and oxygen atoms in total. The zero-order chi connectivity index (χ0) is 33.3. The van der Waals surface area contributed by atoms with E-state index >= 15 is 0 Å². The number of rotatable bonds is 27. The molecule has 0 aliphatic rings. The lowest BCUT2D eigenvalue weighted by atomic mass is 10.1. The van der Waals surface area contributed by atoms with Gasteiger partial charge in [-0.15, -0.1) is 0 Å². The molecule has 0 spiro atoms. The highest BCUT2D eigenvalue weighted by molar-refractivity contribution is 14.2. The van der Waals surface area contributed by atoms with E-state index in [1.807, 2.05) is 0 Å². The van der Waals surface area contributed by atoms with Gasteiger partial charge in [-0.05, 0) is 99.7 Å². The Bertz CT molecular complexity index is 1130. The van der Waals surface area contributed by atoms with Gasteiger partial charge in [0.15, 0.2) is 33.2 Å². The third-order valence-corrected chi connectivity index (χ3v) is 17.0. The molecule has 0 radical (unpaired) electrons. The van der Waals surface area contributed by atoms with E-state index in [9.17, 15) is 0 Å². The Morgan fingerprint density at radius 2 is 1.00 bits per heavy atom. The summed E-state index contributed by atoms with van der Waals surface area (Å²) in [4.78, 5) is -1.68. The second-order valence-corrected chi connectivity index (χ2v) is 20.0. The van der Waals surface area contributed by atoms with E-state index in [1.54, 1.807) is 0 Å². The Labute approximate surface area is 302 Å². The van der Waals surface area contributed by atoms with Crippen LogP contribution in [0.1, 0.15) is 129 Å². The Hall–Kier alpha value is -1.52. The first-order chi connectivity index (χ1) is 23.2. The minimum atomic E-state index is -1.68. The average Bonchev–Trinajstić information content (AvgIpc) is 3.12. The molecule has 0 atom stereocenters. The summed E-state index contributed by atoms with van der Waals surface area (Å²) in [5.41, 5.74) is 1.44. The fourth-order valence-electron chi connectivity index (χ4n) is 6.05. The highest BCUT2D eigenvalue weighted by Gasteiger charge is 2.43. The van der Waals surface area contributed by atoms with E-state index in [2.05, 4.69) is 133 Å². The van der Waals surface area contributed by atoms with Crippen molar-refractivity contribution in [2.45, 2.75) is 136 Å². The number of ether oxygens (including phenoxy) is 2. The fourth-order valence-corrected chi connectivity index (χ4v) is 11.6. The summed E-state index contributed by atoms with van der Waals surface area (Å²) in [7, 11) is 0. The van der Waals surface area contributed by atoms with Crippen molar-refractivity contribution >= 4 is 42.9 Å². The van der Waals surface area contributed by atoms with Crippen LogP contribution in [0.15, 0.2) is 97.1 Å². The van der Waals surface area contributed by atoms with E-state index in [-0.39, 0.29) is 6.29 Å². The van der Waals surface area contributed by atoms with Crippen LogP contribution in [0.25, 0.3) is 0 Å². The molecule has 3 rings (SSSR count). The van der Waals surface area contributed by atoms with Gasteiger partial charge in [-0.25, -0.2) is 0 Å². The van der Waals surface area contributed by atoms with Crippen molar-refractivity contribution in [2.75, 3.05) is 13.2 Å². The molecule has 0 unspecified atom stereocenters. The normalized spacial score (nSPS) is 12.0. The van der Waals surface area contributed by atoms with Crippen LogP contribution in [0.3, 0.4) is 0 Å². The molecule has 0 fully saturated rings. The summed E-state index contributed by atoms with van der Waals surface area (Å²) < 4.78 is 12.4. The Morgan fingerprint density at radius 1 is 0.532 bits per heavy atom. The van der Waals surface area contributed by atoms with Crippen LogP contribution < -0.4 is 15.9 Å². The first kappa shape index (κ1) is 39.9. The summed E-state index contributed by atoms with van der Waals surface area (Å²) in [6.45, 7) is 6.23. The number of unbranched alkanes of at least 4 members (excludes halogenated alkanes) is 12. The van der Waals surface area contributed by atoms with E-state index < -0.39 is 4.90 Å². The summed E-state index contributed by atoms with van der Waals surface area (Å²) >= 11 is 2.75. The van der Waals surface area contributed by atoms with Crippen molar-refractivity contribution in [1.82, 2.24) is 0 Å². The SMILES string of the molecule is CCCCCCCOC(CCCCC/C=C/CCCc1ccc([P+](I)(c2ccccc2)c2ccccc2)cc1)OCCCCCCC. The topological polar surface area (TPSA) is 18.5 Å². The van der Waals surface area contributed by atoms with Gasteiger partial charge in [0.2, 0.25) is 0 Å². The van der Waals surface area contributed by atoms with Crippen molar-refractivity contribution in [3.63, 3.8) is 0 Å². The molecule has 0 amide bonds. The Kier molecular flexibility index (Phi) is 21.6. The third kappa shape index (κ3) is 15.7. The van der Waals surface area contributed by atoms with Gasteiger partial charge in [0, 0.05) is 13.2 Å². The van der Waals surface area contributed by atoms with Crippen LogP contribution in [0.4, 0.5) is 0 Å². The predicted octanol–water partition coefficient (Wildman–Crippen LogP) is 12.5. The molecule has 0 saturated carbocycles. The lowest BCUT2D eigenvalue weighted by Crippen LogP contribution is -2.26. The van der Waals surface area contributed by atoms with Gasteiger partial charge in [-0.2, -0.15) is 0 Å². The van der Waals surface area contributed by atoms with Crippen molar-refractivity contribution in [3.05, 3.63) is 103 Å². The number of hydrogen-bond acceptors (Lipinski definition) is 2. The molecule has 3 aromatic carbocycles. The summed E-state index contributed by atoms with van der Waals surface area (Å²) in [5.74, 6) is 0. The van der Waals surface area contributed by atoms with Crippen LogP contribution in [0.2, 0.25) is 0 Å². The largest absolute Gasteiger partial charge is 0.353 e. The van der Waals surface area contributed by atoms with Gasteiger partial charge in [0.05, 0.1) is 0 Å². The maximum atomic E-state index is 6.19. The van der Waals surface area contributed by atoms with E-state index in [0.717, 1.165) is 45.3 Å². The molecule has 258 valence electrons. The van der Waals surface area contributed by atoms with Crippen LogP contribution in [-0.2, 0) is 15.9 Å². The van der Waals surface area contributed by atoms with Gasteiger partial charge in [0.25, 0.3) is 0 Å². The van der Waals surface area contributed by atoms with Crippen LogP contribution in [-0.4, -0.2) is 19.5 Å². The fraction of sp³-hybridized carbons (Fsp3) is 0.535. The zero-order valence-electron chi connectivity index (χ0n) is 29.6. The molecule has 3 aromatic rings. The maximum absolute atomic E-state index is 6.19. The Morgan fingerprint density at radius 3 is 1.53 bits per heavy atom. The molecule has 0 N–H and O–H groups in total. The van der Waals surface area contributed by atoms with Gasteiger partial charge >= 0.3 is 0 Å². The van der Waals surface area contributed by atoms with Crippen molar-refractivity contribution in [2.24, 2.45) is 0 Å². The van der Waals surface area contributed by atoms with Gasteiger partial charge < -0.3 is 9.47 Å². The van der Waals surface area contributed by atoms with E-state index in [4.69, 9.17) is 9.47 Å². The molecular weight excluding hydrogens is 706 g/mol. The first-order valence-corrected chi connectivity index (χ1v) is 23.4. The molecule has 0 saturated heterocycles. The number of benzene rings is 3. The summed E-state index contributed by atoms with van der Waals surface area (Å²) in [5, 5.41) is 4.29. The maximum Gasteiger partial charge on any atom is 0.173 e. The number of aryl methyl sites for hydroxylation is 1. The smallest absolute Gasteiger partial charge is 0.173 e. The highest BCUT2D eigenvalue weighted by atomic mass is 127. The van der Waals surface area contributed by atoms with E-state index in [0.29, 0.717) is 0 Å². The molecule has 0 aliphatic heterocycles. The third-order valence-electron chi connectivity index (χ3n) is 8.93. The van der Waals surface area contributed by atoms with Crippen LogP contribution in [0.5, 0.6) is 0 Å². The minimum absolute atomic E-state index is 0.0104.